The molecule has 0 bridgehead atoms. The molecule has 0 aliphatic heterocycles. The second-order valence-corrected chi connectivity index (χ2v) is 4.33. The predicted octanol–water partition coefficient (Wildman–Crippen LogP) is 0.429. The van der Waals surface area contributed by atoms with E-state index in [1.54, 1.807) is 6.92 Å². The van der Waals surface area contributed by atoms with Crippen LogP contribution < -0.4 is 10.6 Å². The van der Waals surface area contributed by atoms with Crippen molar-refractivity contribution in [1.29, 1.82) is 0 Å². The van der Waals surface area contributed by atoms with E-state index in [-0.39, 0.29) is 17.9 Å². The van der Waals surface area contributed by atoms with Gasteiger partial charge in [0.15, 0.2) is 0 Å². The number of nitrogens with one attached hydrogen (secondary N) is 2. The Kier molecular flexibility index (Phi) is 6.11. The molecule has 16 heavy (non-hydrogen) atoms. The number of hydrogen-bond acceptors (Lipinski definition) is 3. The molecule has 1 aliphatic rings. The molecule has 0 spiro atoms. The van der Waals surface area contributed by atoms with Gasteiger partial charge in [-0.25, -0.2) is 0 Å². The van der Waals surface area contributed by atoms with Crippen LogP contribution in [-0.4, -0.2) is 36.8 Å². The SMILES string of the molecule is CC(O)CNCCNC(=O)C1CC=CCC1. The zero-order valence-corrected chi connectivity index (χ0v) is 9.91. The van der Waals surface area contributed by atoms with E-state index in [9.17, 15) is 4.79 Å². The second kappa shape index (κ2) is 7.41. The van der Waals surface area contributed by atoms with Gasteiger partial charge in [0.1, 0.15) is 0 Å². The minimum absolute atomic E-state index is 0.154. The van der Waals surface area contributed by atoms with E-state index in [2.05, 4.69) is 22.8 Å². The molecular formula is C12H22N2O2. The van der Waals surface area contributed by atoms with Crippen LogP contribution in [-0.2, 0) is 4.79 Å². The topological polar surface area (TPSA) is 61.4 Å². The molecular weight excluding hydrogens is 204 g/mol. The molecule has 0 saturated carbocycles. The summed E-state index contributed by atoms with van der Waals surface area (Å²) in [5, 5.41) is 15.0. The third kappa shape index (κ3) is 5.28. The molecule has 92 valence electrons. The average Bonchev–Trinajstić information content (AvgIpc) is 2.29. The molecule has 1 rings (SSSR count). The summed E-state index contributed by atoms with van der Waals surface area (Å²) in [4.78, 5) is 11.7. The van der Waals surface area contributed by atoms with Gasteiger partial charge in [-0.3, -0.25) is 4.79 Å². The van der Waals surface area contributed by atoms with Crippen LogP contribution >= 0.6 is 0 Å². The van der Waals surface area contributed by atoms with Gasteiger partial charge in [0, 0.05) is 25.6 Å². The lowest BCUT2D eigenvalue weighted by Gasteiger charge is -2.17. The van der Waals surface area contributed by atoms with Crippen molar-refractivity contribution in [2.24, 2.45) is 5.92 Å². The van der Waals surface area contributed by atoms with Crippen LogP contribution in [0.15, 0.2) is 12.2 Å². The Morgan fingerprint density at radius 1 is 1.50 bits per heavy atom. The maximum atomic E-state index is 11.7. The molecule has 1 amide bonds. The number of aliphatic hydroxyl groups is 1. The van der Waals surface area contributed by atoms with Crippen molar-refractivity contribution in [2.75, 3.05) is 19.6 Å². The van der Waals surface area contributed by atoms with Gasteiger partial charge < -0.3 is 15.7 Å². The van der Waals surface area contributed by atoms with Crippen LogP contribution in [0.3, 0.4) is 0 Å². The quantitative estimate of drug-likeness (QED) is 0.454. The standard InChI is InChI=1S/C12H22N2O2/c1-10(15)9-13-7-8-14-12(16)11-5-3-2-4-6-11/h2-3,10-11,13,15H,4-9H2,1H3,(H,14,16). The molecule has 0 radical (unpaired) electrons. The number of carbonyl (C=O) groups excluding carboxylic acids is 1. The summed E-state index contributed by atoms with van der Waals surface area (Å²) in [6.07, 6.45) is 6.72. The highest BCUT2D eigenvalue weighted by Gasteiger charge is 2.17. The highest BCUT2D eigenvalue weighted by Crippen LogP contribution is 2.17. The molecule has 0 fully saturated rings. The van der Waals surface area contributed by atoms with Crippen molar-refractivity contribution in [3.63, 3.8) is 0 Å². The lowest BCUT2D eigenvalue weighted by molar-refractivity contribution is -0.125. The van der Waals surface area contributed by atoms with E-state index in [0.717, 1.165) is 19.3 Å². The highest BCUT2D eigenvalue weighted by atomic mass is 16.3. The zero-order valence-electron chi connectivity index (χ0n) is 9.91. The minimum Gasteiger partial charge on any atom is -0.392 e. The molecule has 1 aliphatic carbocycles. The predicted molar refractivity (Wildman–Crippen MR) is 64.0 cm³/mol. The zero-order chi connectivity index (χ0) is 11.8. The monoisotopic (exact) mass is 226 g/mol. The molecule has 0 saturated heterocycles. The Morgan fingerprint density at radius 2 is 2.31 bits per heavy atom. The van der Waals surface area contributed by atoms with Crippen molar-refractivity contribution in [3.05, 3.63) is 12.2 Å². The van der Waals surface area contributed by atoms with Crippen LogP contribution in [0.2, 0.25) is 0 Å². The van der Waals surface area contributed by atoms with E-state index in [1.807, 2.05) is 0 Å². The summed E-state index contributed by atoms with van der Waals surface area (Å²) in [5.41, 5.74) is 0. The summed E-state index contributed by atoms with van der Waals surface area (Å²) in [7, 11) is 0. The van der Waals surface area contributed by atoms with Crippen molar-refractivity contribution in [2.45, 2.75) is 32.3 Å². The lowest BCUT2D eigenvalue weighted by Crippen LogP contribution is -2.37. The molecule has 0 aromatic carbocycles. The summed E-state index contributed by atoms with van der Waals surface area (Å²) in [6, 6.07) is 0. The highest BCUT2D eigenvalue weighted by molar-refractivity contribution is 5.78. The van der Waals surface area contributed by atoms with Gasteiger partial charge in [-0.05, 0) is 26.2 Å². The van der Waals surface area contributed by atoms with Gasteiger partial charge in [0.25, 0.3) is 0 Å². The number of amides is 1. The summed E-state index contributed by atoms with van der Waals surface area (Å²) >= 11 is 0. The molecule has 2 unspecified atom stereocenters. The van der Waals surface area contributed by atoms with Gasteiger partial charge >= 0.3 is 0 Å². The van der Waals surface area contributed by atoms with Gasteiger partial charge in [-0.1, -0.05) is 12.2 Å². The maximum absolute atomic E-state index is 11.7. The molecule has 4 nitrogen and oxygen atoms in total. The van der Waals surface area contributed by atoms with Crippen LogP contribution in [0.1, 0.15) is 26.2 Å². The maximum Gasteiger partial charge on any atom is 0.223 e. The fraction of sp³-hybridized carbons (Fsp3) is 0.750. The van der Waals surface area contributed by atoms with E-state index < -0.39 is 0 Å². The Hall–Kier alpha value is -0.870. The van der Waals surface area contributed by atoms with E-state index in [4.69, 9.17) is 5.11 Å². The van der Waals surface area contributed by atoms with Gasteiger partial charge in [0.05, 0.1) is 6.10 Å². The molecule has 0 aromatic heterocycles. The van der Waals surface area contributed by atoms with Crippen LogP contribution in [0.25, 0.3) is 0 Å². The first-order valence-electron chi connectivity index (χ1n) is 6.01. The first kappa shape index (κ1) is 13.2. The second-order valence-electron chi connectivity index (χ2n) is 4.33. The molecule has 3 N–H and O–H groups in total. The number of aliphatic hydroxyl groups excluding tert-OH is 1. The van der Waals surface area contributed by atoms with E-state index in [1.165, 1.54) is 0 Å². The van der Waals surface area contributed by atoms with Gasteiger partial charge in [0.2, 0.25) is 5.91 Å². The average molecular weight is 226 g/mol. The summed E-state index contributed by atoms with van der Waals surface area (Å²) in [5.74, 6) is 0.310. The number of rotatable bonds is 6. The first-order chi connectivity index (χ1) is 7.70. The van der Waals surface area contributed by atoms with E-state index >= 15 is 0 Å². The Labute approximate surface area is 97.1 Å². The third-order valence-electron chi connectivity index (χ3n) is 2.68. The molecule has 2 atom stereocenters. The van der Waals surface area contributed by atoms with Gasteiger partial charge in [-0.2, -0.15) is 0 Å². The van der Waals surface area contributed by atoms with Crippen molar-refractivity contribution >= 4 is 5.91 Å². The van der Waals surface area contributed by atoms with E-state index in [0.29, 0.717) is 19.6 Å². The van der Waals surface area contributed by atoms with Crippen molar-refractivity contribution < 1.29 is 9.90 Å². The molecule has 4 heteroatoms. The largest absolute Gasteiger partial charge is 0.392 e. The van der Waals surface area contributed by atoms with Crippen molar-refractivity contribution in [3.8, 4) is 0 Å². The number of allylic oxidation sites excluding steroid dienone is 2. The fourth-order valence-electron chi connectivity index (χ4n) is 1.76. The number of carbonyl (C=O) groups is 1. The molecule has 0 heterocycles. The Morgan fingerprint density at radius 3 is 2.94 bits per heavy atom. The van der Waals surface area contributed by atoms with Crippen molar-refractivity contribution in [1.82, 2.24) is 10.6 Å². The van der Waals surface area contributed by atoms with Crippen LogP contribution in [0.5, 0.6) is 0 Å². The fourth-order valence-corrected chi connectivity index (χ4v) is 1.76. The number of hydrogen-bond donors (Lipinski definition) is 3. The normalized spacial score (nSPS) is 21.8. The summed E-state index contributed by atoms with van der Waals surface area (Å²) < 4.78 is 0. The van der Waals surface area contributed by atoms with Gasteiger partial charge in [-0.15, -0.1) is 0 Å². The third-order valence-corrected chi connectivity index (χ3v) is 2.68. The first-order valence-corrected chi connectivity index (χ1v) is 6.01. The van der Waals surface area contributed by atoms with Crippen LogP contribution in [0.4, 0.5) is 0 Å². The Balaban J connectivity index is 2.04. The lowest BCUT2D eigenvalue weighted by atomic mass is 9.94. The smallest absolute Gasteiger partial charge is 0.223 e. The minimum atomic E-state index is -0.334. The Bertz CT molecular complexity index is 239. The molecule has 0 aromatic rings. The van der Waals surface area contributed by atoms with Crippen LogP contribution in [0, 0.1) is 5.92 Å². The summed E-state index contributed by atoms with van der Waals surface area (Å²) in [6.45, 7) is 3.65.